The van der Waals surface area contributed by atoms with E-state index in [2.05, 4.69) is 155 Å². The number of hydrogen-bond acceptors (Lipinski definition) is 2. The fraction of sp³-hybridized carbons (Fsp3) is 0. The summed E-state index contributed by atoms with van der Waals surface area (Å²) in [6, 6.07) is 54.6. The lowest BCUT2D eigenvalue weighted by atomic mass is 9.98. The van der Waals surface area contributed by atoms with Crippen molar-refractivity contribution < 1.29 is 0 Å². The van der Waals surface area contributed by atoms with E-state index in [1.807, 2.05) is 12.3 Å². The Morgan fingerprint density at radius 3 is 1.98 bits per heavy atom. The standard InChI is InChI=1S/C39H26N2/c1-2-12-35(13-3-1)41(39-14-6-10-32-22-28-8-4-5-9-29(28)26-37(32)39)36-19-17-27-15-16-30(24-34(27)25-36)31-18-20-38-33(23-31)11-7-21-40-38/h1-26H. The van der Waals surface area contributed by atoms with Gasteiger partial charge in [0.1, 0.15) is 0 Å². The van der Waals surface area contributed by atoms with Crippen LogP contribution in [0.4, 0.5) is 17.1 Å². The van der Waals surface area contributed by atoms with Crippen LogP contribution >= 0.6 is 0 Å². The highest BCUT2D eigenvalue weighted by molar-refractivity contribution is 6.06. The van der Waals surface area contributed by atoms with E-state index in [1.165, 1.54) is 43.4 Å². The third kappa shape index (κ3) is 4.18. The summed E-state index contributed by atoms with van der Waals surface area (Å²) in [7, 11) is 0. The maximum Gasteiger partial charge on any atom is 0.0702 e. The second-order valence-corrected chi connectivity index (χ2v) is 10.5. The minimum absolute atomic E-state index is 1.01. The molecule has 1 aromatic heterocycles. The molecule has 0 N–H and O–H groups in total. The minimum Gasteiger partial charge on any atom is -0.310 e. The van der Waals surface area contributed by atoms with Crippen LogP contribution in [0, 0.1) is 0 Å². The second-order valence-electron chi connectivity index (χ2n) is 10.5. The van der Waals surface area contributed by atoms with Crippen molar-refractivity contribution >= 4 is 60.3 Å². The van der Waals surface area contributed by atoms with Gasteiger partial charge in [-0.05, 0) is 105 Å². The molecule has 0 spiro atoms. The zero-order valence-electron chi connectivity index (χ0n) is 22.4. The number of benzene rings is 7. The van der Waals surface area contributed by atoms with Crippen molar-refractivity contribution in [1.82, 2.24) is 4.98 Å². The number of fused-ring (bicyclic) bond motifs is 4. The van der Waals surface area contributed by atoms with E-state index < -0.39 is 0 Å². The van der Waals surface area contributed by atoms with E-state index in [0.717, 1.165) is 28.0 Å². The van der Waals surface area contributed by atoms with Gasteiger partial charge in [0, 0.05) is 28.3 Å². The van der Waals surface area contributed by atoms with E-state index in [9.17, 15) is 0 Å². The molecule has 2 nitrogen and oxygen atoms in total. The molecule has 0 aliphatic rings. The molecule has 0 atom stereocenters. The van der Waals surface area contributed by atoms with Crippen molar-refractivity contribution in [2.45, 2.75) is 0 Å². The Balaban J connectivity index is 1.31. The topological polar surface area (TPSA) is 16.1 Å². The zero-order valence-corrected chi connectivity index (χ0v) is 22.4. The molecule has 0 unspecified atom stereocenters. The summed E-state index contributed by atoms with van der Waals surface area (Å²) in [5, 5.41) is 8.54. The summed E-state index contributed by atoms with van der Waals surface area (Å²) in [6.07, 6.45) is 1.84. The van der Waals surface area contributed by atoms with Crippen LogP contribution < -0.4 is 4.90 Å². The summed E-state index contributed by atoms with van der Waals surface area (Å²) in [5.74, 6) is 0. The number of anilines is 3. The van der Waals surface area contributed by atoms with Gasteiger partial charge < -0.3 is 4.90 Å². The molecule has 7 aromatic carbocycles. The minimum atomic E-state index is 1.01. The molecule has 1 heterocycles. The average molecular weight is 523 g/mol. The lowest BCUT2D eigenvalue weighted by Gasteiger charge is -2.27. The highest BCUT2D eigenvalue weighted by atomic mass is 15.1. The third-order valence-electron chi connectivity index (χ3n) is 8.00. The van der Waals surface area contributed by atoms with E-state index >= 15 is 0 Å². The summed E-state index contributed by atoms with van der Waals surface area (Å²) >= 11 is 0. The highest BCUT2D eigenvalue weighted by Crippen LogP contribution is 2.41. The summed E-state index contributed by atoms with van der Waals surface area (Å²) in [5.41, 5.74) is 6.83. The van der Waals surface area contributed by atoms with Crippen molar-refractivity contribution in [3.63, 3.8) is 0 Å². The number of nitrogens with zero attached hydrogens (tertiary/aromatic N) is 2. The van der Waals surface area contributed by atoms with E-state index in [4.69, 9.17) is 0 Å². The van der Waals surface area contributed by atoms with Crippen molar-refractivity contribution in [3.05, 3.63) is 158 Å². The van der Waals surface area contributed by atoms with Gasteiger partial charge in [-0.2, -0.15) is 0 Å². The lowest BCUT2D eigenvalue weighted by Crippen LogP contribution is -2.10. The molecule has 0 radical (unpaired) electrons. The van der Waals surface area contributed by atoms with Crippen molar-refractivity contribution in [2.75, 3.05) is 4.90 Å². The van der Waals surface area contributed by atoms with Gasteiger partial charge >= 0.3 is 0 Å². The first-order valence-electron chi connectivity index (χ1n) is 14.0. The summed E-state index contributed by atoms with van der Waals surface area (Å²) < 4.78 is 0. The number of pyridine rings is 1. The van der Waals surface area contributed by atoms with Crippen LogP contribution in [0.2, 0.25) is 0 Å². The molecule has 0 aliphatic heterocycles. The predicted octanol–water partition coefficient (Wildman–Crippen LogP) is 10.8. The van der Waals surface area contributed by atoms with Gasteiger partial charge in [-0.15, -0.1) is 0 Å². The Labute approximate surface area is 238 Å². The fourth-order valence-electron chi connectivity index (χ4n) is 5.96. The lowest BCUT2D eigenvalue weighted by molar-refractivity contribution is 1.30. The van der Waals surface area contributed by atoms with Crippen molar-refractivity contribution in [1.29, 1.82) is 0 Å². The van der Waals surface area contributed by atoms with Gasteiger partial charge in [-0.3, -0.25) is 4.98 Å². The average Bonchev–Trinajstić information content (AvgIpc) is 3.04. The van der Waals surface area contributed by atoms with Crippen LogP contribution in [-0.4, -0.2) is 4.98 Å². The van der Waals surface area contributed by atoms with Crippen molar-refractivity contribution in [3.8, 4) is 11.1 Å². The zero-order chi connectivity index (χ0) is 27.2. The molecule has 8 aromatic rings. The SMILES string of the molecule is c1ccc(N(c2ccc3ccc(-c4ccc5ncccc5c4)cc3c2)c2cccc3cc4ccccc4cc23)cc1. The molecule has 8 rings (SSSR count). The molecule has 2 heteroatoms. The Kier molecular flexibility index (Phi) is 5.49. The van der Waals surface area contributed by atoms with Crippen LogP contribution in [0.3, 0.4) is 0 Å². The van der Waals surface area contributed by atoms with Gasteiger partial charge in [0.05, 0.1) is 11.2 Å². The molecular formula is C39H26N2. The molecule has 41 heavy (non-hydrogen) atoms. The first kappa shape index (κ1) is 23.4. The van der Waals surface area contributed by atoms with Crippen molar-refractivity contribution in [2.24, 2.45) is 0 Å². The largest absolute Gasteiger partial charge is 0.310 e. The molecular weight excluding hydrogens is 496 g/mol. The van der Waals surface area contributed by atoms with Gasteiger partial charge in [-0.25, -0.2) is 0 Å². The number of aromatic nitrogens is 1. The van der Waals surface area contributed by atoms with Crippen LogP contribution in [0.5, 0.6) is 0 Å². The molecule has 0 aliphatic carbocycles. The second kappa shape index (κ2) is 9.62. The van der Waals surface area contributed by atoms with Gasteiger partial charge in [-0.1, -0.05) is 84.9 Å². The molecule has 0 amide bonds. The maximum absolute atomic E-state index is 4.49. The third-order valence-corrected chi connectivity index (χ3v) is 8.00. The predicted molar refractivity (Wildman–Crippen MR) is 174 cm³/mol. The number of rotatable bonds is 4. The Bertz CT molecular complexity index is 2220. The highest BCUT2D eigenvalue weighted by Gasteiger charge is 2.16. The van der Waals surface area contributed by atoms with E-state index in [0.29, 0.717) is 0 Å². The van der Waals surface area contributed by atoms with Crippen LogP contribution in [0.25, 0.3) is 54.3 Å². The first-order valence-corrected chi connectivity index (χ1v) is 14.0. The number of hydrogen-bond donors (Lipinski definition) is 0. The molecule has 192 valence electrons. The summed E-state index contributed by atoms with van der Waals surface area (Å²) in [6.45, 7) is 0. The monoisotopic (exact) mass is 522 g/mol. The fourth-order valence-corrected chi connectivity index (χ4v) is 5.96. The van der Waals surface area contributed by atoms with Crippen LogP contribution in [-0.2, 0) is 0 Å². The number of para-hydroxylation sites is 1. The first-order chi connectivity index (χ1) is 20.3. The van der Waals surface area contributed by atoms with Crippen LogP contribution in [0.1, 0.15) is 0 Å². The molecule has 0 bridgehead atoms. The Morgan fingerprint density at radius 2 is 1.10 bits per heavy atom. The Morgan fingerprint density at radius 1 is 0.390 bits per heavy atom. The van der Waals surface area contributed by atoms with Crippen LogP contribution in [0.15, 0.2) is 158 Å². The Hall–Kier alpha value is -5.47. The summed E-state index contributed by atoms with van der Waals surface area (Å²) in [4.78, 5) is 6.87. The van der Waals surface area contributed by atoms with E-state index in [-0.39, 0.29) is 0 Å². The molecule has 0 fully saturated rings. The maximum atomic E-state index is 4.49. The molecule has 0 saturated carbocycles. The molecule has 0 saturated heterocycles. The van der Waals surface area contributed by atoms with E-state index in [1.54, 1.807) is 0 Å². The van der Waals surface area contributed by atoms with Gasteiger partial charge in [0.2, 0.25) is 0 Å². The smallest absolute Gasteiger partial charge is 0.0702 e. The van der Waals surface area contributed by atoms with Gasteiger partial charge in [0.15, 0.2) is 0 Å². The normalized spacial score (nSPS) is 11.4. The quantitative estimate of drug-likeness (QED) is 0.214. The van der Waals surface area contributed by atoms with Gasteiger partial charge in [0.25, 0.3) is 0 Å².